The first kappa shape index (κ1) is 34.7. The van der Waals surface area contributed by atoms with Crippen molar-refractivity contribution in [3.05, 3.63) is 231 Å². The lowest BCUT2D eigenvalue weighted by molar-refractivity contribution is 0.478. The van der Waals surface area contributed by atoms with Crippen LogP contribution in [0.3, 0.4) is 0 Å². The largest absolute Gasteiger partial charge is 0.504 e. The minimum atomic E-state index is 0.169. The van der Waals surface area contributed by atoms with Gasteiger partial charge in [-0.05, 0) is 107 Å². The predicted molar refractivity (Wildman–Crippen MR) is 243 cm³/mol. The Morgan fingerprint density at radius 2 is 0.741 bits per heavy atom. The van der Waals surface area contributed by atoms with Crippen LogP contribution in [0.4, 0.5) is 34.1 Å². The molecule has 0 aliphatic carbocycles. The van der Waals surface area contributed by atoms with Crippen LogP contribution in [0.2, 0.25) is 0 Å². The molecule has 10 rings (SSSR count). The topological polar surface area (TPSA) is 31.6 Å². The third-order valence-corrected chi connectivity index (χ3v) is 10.8. The summed E-state index contributed by atoms with van der Waals surface area (Å²) in [4.78, 5) is 4.26. The smallest absolute Gasteiger partial charge is 0.163 e. The molecule has 0 unspecified atom stereocenters. The van der Waals surface area contributed by atoms with Crippen LogP contribution in [0.1, 0.15) is 0 Å². The molecule has 0 saturated carbocycles. The maximum absolute atomic E-state index is 12.5. The van der Waals surface area contributed by atoms with Crippen molar-refractivity contribution < 1.29 is 5.11 Å². The van der Waals surface area contributed by atoms with Gasteiger partial charge in [0.1, 0.15) is 0 Å². The van der Waals surface area contributed by atoms with Crippen molar-refractivity contribution in [1.29, 1.82) is 0 Å². The summed E-state index contributed by atoms with van der Waals surface area (Å²) in [6.07, 6.45) is 0. The highest BCUT2D eigenvalue weighted by molar-refractivity contribution is 6.10. The number of hydrogen-bond acceptors (Lipinski definition) is 3. The van der Waals surface area contributed by atoms with Crippen molar-refractivity contribution >= 4 is 55.9 Å². The zero-order chi connectivity index (χ0) is 38.8. The molecular weight excluding hydrogens is 707 g/mol. The Morgan fingerprint density at radius 3 is 1.26 bits per heavy atom. The lowest BCUT2D eigenvalue weighted by Crippen LogP contribution is -2.13. The number of nitrogens with zero attached hydrogens (tertiary/aromatic N) is 3. The lowest BCUT2D eigenvalue weighted by Gasteiger charge is -2.30. The number of para-hydroxylation sites is 5. The highest BCUT2D eigenvalue weighted by Crippen LogP contribution is 2.48. The number of fused-ring (bicyclic) bond motifs is 3. The van der Waals surface area contributed by atoms with E-state index in [2.05, 4.69) is 172 Å². The zero-order valence-corrected chi connectivity index (χ0v) is 31.7. The minimum Gasteiger partial charge on any atom is -0.504 e. The quantitative estimate of drug-likeness (QED) is 0.160. The number of anilines is 6. The molecule has 276 valence electrons. The van der Waals surface area contributed by atoms with E-state index in [-0.39, 0.29) is 5.75 Å². The van der Waals surface area contributed by atoms with Crippen LogP contribution in [0.15, 0.2) is 231 Å². The van der Waals surface area contributed by atoms with E-state index in [9.17, 15) is 5.11 Å². The van der Waals surface area contributed by atoms with Crippen LogP contribution < -0.4 is 9.80 Å². The van der Waals surface area contributed by atoms with Gasteiger partial charge in [0.15, 0.2) is 5.75 Å². The Bertz CT molecular complexity index is 2900. The van der Waals surface area contributed by atoms with Gasteiger partial charge < -0.3 is 19.5 Å². The first-order valence-corrected chi connectivity index (χ1v) is 19.6. The van der Waals surface area contributed by atoms with Crippen molar-refractivity contribution in [2.45, 2.75) is 0 Å². The highest BCUT2D eigenvalue weighted by Gasteiger charge is 2.24. The summed E-state index contributed by atoms with van der Waals surface area (Å²) in [7, 11) is 0. The van der Waals surface area contributed by atoms with Gasteiger partial charge in [0.05, 0.1) is 22.4 Å². The standard InChI is InChI=1S/C54H39N3O/c58-54-51(55(43-23-10-3-11-24-43)44-25-12-4-13-26-44)31-18-32-52(54)56(45-27-14-5-15-28-45)46-33-34-49-48-29-16-17-30-50(48)57(53(49)38-46)47-36-41(39-19-6-1-7-20-39)35-42(37-47)40-21-8-2-9-22-40/h1-38,58H. The van der Waals surface area contributed by atoms with Crippen LogP contribution in [-0.2, 0) is 0 Å². The molecule has 0 aliphatic heterocycles. The molecule has 0 aliphatic rings. The van der Waals surface area contributed by atoms with Gasteiger partial charge in [-0.15, -0.1) is 0 Å². The molecule has 1 N–H and O–H groups in total. The molecule has 4 heteroatoms. The first-order valence-electron chi connectivity index (χ1n) is 19.6. The molecule has 0 spiro atoms. The van der Waals surface area contributed by atoms with Crippen LogP contribution in [0.25, 0.3) is 49.7 Å². The molecule has 0 bridgehead atoms. The van der Waals surface area contributed by atoms with Crippen molar-refractivity contribution in [3.8, 4) is 33.7 Å². The summed E-state index contributed by atoms with van der Waals surface area (Å²) in [6, 6.07) is 80.0. The molecule has 0 amide bonds. The average Bonchev–Trinajstić information content (AvgIpc) is 3.63. The van der Waals surface area contributed by atoms with Gasteiger partial charge in [0, 0.05) is 39.2 Å². The molecule has 0 atom stereocenters. The fourth-order valence-corrected chi connectivity index (χ4v) is 8.18. The van der Waals surface area contributed by atoms with Gasteiger partial charge in [0.25, 0.3) is 0 Å². The van der Waals surface area contributed by atoms with Crippen LogP contribution in [0.5, 0.6) is 5.75 Å². The van der Waals surface area contributed by atoms with E-state index in [1.54, 1.807) is 0 Å². The fraction of sp³-hybridized carbons (Fsp3) is 0. The van der Waals surface area contributed by atoms with E-state index in [0.717, 1.165) is 67.1 Å². The molecule has 0 radical (unpaired) electrons. The van der Waals surface area contributed by atoms with Crippen molar-refractivity contribution in [3.63, 3.8) is 0 Å². The second-order valence-corrected chi connectivity index (χ2v) is 14.4. The van der Waals surface area contributed by atoms with E-state index in [1.165, 1.54) is 5.39 Å². The summed E-state index contributed by atoms with van der Waals surface area (Å²) in [5.41, 5.74) is 13.0. The van der Waals surface area contributed by atoms with Gasteiger partial charge in [-0.25, -0.2) is 0 Å². The summed E-state index contributed by atoms with van der Waals surface area (Å²) < 4.78 is 2.39. The summed E-state index contributed by atoms with van der Waals surface area (Å²) in [5, 5.41) is 14.8. The van der Waals surface area contributed by atoms with E-state index in [0.29, 0.717) is 11.4 Å². The third kappa shape index (κ3) is 6.33. The summed E-state index contributed by atoms with van der Waals surface area (Å²) in [5.74, 6) is 0.169. The van der Waals surface area contributed by atoms with Crippen LogP contribution in [0, 0.1) is 0 Å². The molecule has 1 aromatic heterocycles. The SMILES string of the molecule is Oc1c(N(c2ccccc2)c2ccccc2)cccc1N(c1ccccc1)c1ccc2c3ccccc3n(-c3cc(-c4ccccc4)cc(-c4ccccc4)c3)c2c1. The minimum absolute atomic E-state index is 0.169. The number of rotatable bonds is 9. The summed E-state index contributed by atoms with van der Waals surface area (Å²) in [6.45, 7) is 0. The summed E-state index contributed by atoms with van der Waals surface area (Å²) >= 11 is 0. The average molecular weight is 746 g/mol. The second kappa shape index (κ2) is 15.0. The molecule has 10 aromatic rings. The van der Waals surface area contributed by atoms with Gasteiger partial charge in [-0.3, -0.25) is 0 Å². The molecular formula is C54H39N3O. The molecule has 4 nitrogen and oxygen atoms in total. The van der Waals surface area contributed by atoms with Crippen LogP contribution in [-0.4, -0.2) is 9.67 Å². The second-order valence-electron chi connectivity index (χ2n) is 14.4. The Labute approximate surface area is 338 Å². The fourth-order valence-electron chi connectivity index (χ4n) is 8.18. The third-order valence-electron chi connectivity index (χ3n) is 10.8. The monoisotopic (exact) mass is 745 g/mol. The molecule has 9 aromatic carbocycles. The van der Waals surface area contributed by atoms with Gasteiger partial charge in [-0.1, -0.05) is 146 Å². The zero-order valence-electron chi connectivity index (χ0n) is 31.7. The molecule has 1 heterocycles. The van der Waals surface area contributed by atoms with Crippen molar-refractivity contribution in [2.24, 2.45) is 0 Å². The van der Waals surface area contributed by atoms with E-state index < -0.39 is 0 Å². The number of benzene rings is 9. The van der Waals surface area contributed by atoms with Gasteiger partial charge >= 0.3 is 0 Å². The molecule has 0 fully saturated rings. The Kier molecular flexibility index (Phi) is 8.97. The Balaban J connectivity index is 1.20. The van der Waals surface area contributed by atoms with E-state index in [1.807, 2.05) is 72.8 Å². The number of aromatic hydroxyl groups is 1. The number of aromatic nitrogens is 1. The number of phenols is 1. The predicted octanol–water partition coefficient (Wildman–Crippen LogP) is 14.8. The van der Waals surface area contributed by atoms with Crippen LogP contribution >= 0.6 is 0 Å². The highest BCUT2D eigenvalue weighted by atomic mass is 16.3. The van der Waals surface area contributed by atoms with E-state index in [4.69, 9.17) is 0 Å². The number of hydrogen-bond donors (Lipinski definition) is 1. The van der Waals surface area contributed by atoms with E-state index >= 15 is 0 Å². The maximum Gasteiger partial charge on any atom is 0.163 e. The van der Waals surface area contributed by atoms with Crippen molar-refractivity contribution in [2.75, 3.05) is 9.80 Å². The Hall–Kier alpha value is -7.82. The molecule has 58 heavy (non-hydrogen) atoms. The Morgan fingerprint density at radius 1 is 0.310 bits per heavy atom. The van der Waals surface area contributed by atoms with Gasteiger partial charge in [0.2, 0.25) is 0 Å². The number of phenolic OH excluding ortho intramolecular Hbond substituents is 1. The maximum atomic E-state index is 12.5. The lowest BCUT2D eigenvalue weighted by atomic mass is 9.98. The molecule has 0 saturated heterocycles. The normalized spacial score (nSPS) is 11.2. The van der Waals surface area contributed by atoms with Gasteiger partial charge in [-0.2, -0.15) is 0 Å². The first-order chi connectivity index (χ1) is 28.7. The van der Waals surface area contributed by atoms with Crippen molar-refractivity contribution in [1.82, 2.24) is 4.57 Å².